The van der Waals surface area contributed by atoms with Gasteiger partial charge in [0.2, 0.25) is 15.9 Å². The van der Waals surface area contributed by atoms with Crippen molar-refractivity contribution < 1.29 is 18.3 Å². The van der Waals surface area contributed by atoms with E-state index in [4.69, 9.17) is 11.6 Å². The number of rotatable bonds is 4. The van der Waals surface area contributed by atoms with Crippen molar-refractivity contribution in [2.45, 2.75) is 31.6 Å². The third-order valence-electron chi connectivity index (χ3n) is 5.16. The summed E-state index contributed by atoms with van der Waals surface area (Å²) in [6, 6.07) is 9.54. The summed E-state index contributed by atoms with van der Waals surface area (Å²) < 4.78 is 27.2. The third kappa shape index (κ3) is 4.32. The van der Waals surface area contributed by atoms with Crippen molar-refractivity contribution in [1.82, 2.24) is 4.31 Å². The fourth-order valence-corrected chi connectivity index (χ4v) is 4.95. The summed E-state index contributed by atoms with van der Waals surface area (Å²) in [5, 5.41) is 12.9. The number of piperidine rings is 1. The lowest BCUT2D eigenvalue weighted by atomic mass is 9.97. The number of anilines is 1. The molecule has 2 aromatic carbocycles. The standard InChI is InChI=1S/C20H23ClN2O4S/c1-13-3-5-17(11-14(13)2)28(26,27)23-9-7-15(8-10-23)20(25)22-18-12-16(21)4-6-19(18)24/h3-6,11-12,15,24H,7-10H2,1-2H3,(H,22,25). The molecule has 1 amide bonds. The van der Waals surface area contributed by atoms with E-state index in [0.717, 1.165) is 11.1 Å². The highest BCUT2D eigenvalue weighted by atomic mass is 35.5. The van der Waals surface area contributed by atoms with Crippen molar-refractivity contribution in [3.63, 3.8) is 0 Å². The molecule has 0 aliphatic carbocycles. The first-order valence-electron chi connectivity index (χ1n) is 9.05. The molecule has 0 saturated carbocycles. The maximum atomic E-state index is 12.9. The Kier molecular flexibility index (Phi) is 5.98. The van der Waals surface area contributed by atoms with Gasteiger partial charge in [-0.3, -0.25) is 4.79 Å². The molecule has 2 N–H and O–H groups in total. The minimum absolute atomic E-state index is 0.0625. The Morgan fingerprint density at radius 2 is 1.79 bits per heavy atom. The average molecular weight is 423 g/mol. The first kappa shape index (κ1) is 20.6. The van der Waals surface area contributed by atoms with Crippen LogP contribution in [0.15, 0.2) is 41.3 Å². The van der Waals surface area contributed by atoms with Crippen LogP contribution < -0.4 is 5.32 Å². The Hall–Kier alpha value is -2.09. The molecular formula is C20H23ClN2O4S. The Bertz CT molecular complexity index is 999. The van der Waals surface area contributed by atoms with Gasteiger partial charge in [0.15, 0.2) is 0 Å². The minimum Gasteiger partial charge on any atom is -0.506 e. The van der Waals surface area contributed by atoms with Gasteiger partial charge in [-0.1, -0.05) is 17.7 Å². The second-order valence-electron chi connectivity index (χ2n) is 7.08. The molecule has 28 heavy (non-hydrogen) atoms. The molecule has 0 unspecified atom stereocenters. The van der Waals surface area contributed by atoms with Crippen molar-refractivity contribution in [1.29, 1.82) is 0 Å². The van der Waals surface area contributed by atoms with Crippen molar-refractivity contribution in [3.05, 3.63) is 52.5 Å². The second-order valence-corrected chi connectivity index (χ2v) is 9.45. The minimum atomic E-state index is -3.58. The molecule has 150 valence electrons. The summed E-state index contributed by atoms with van der Waals surface area (Å²) >= 11 is 5.90. The Morgan fingerprint density at radius 3 is 2.43 bits per heavy atom. The van der Waals surface area contributed by atoms with E-state index in [0.29, 0.717) is 17.9 Å². The number of phenolic OH excluding ortho intramolecular Hbond substituents is 1. The molecule has 0 spiro atoms. The number of aryl methyl sites for hydroxylation is 2. The van der Waals surface area contributed by atoms with Gasteiger partial charge in [-0.25, -0.2) is 8.42 Å². The number of nitrogens with zero attached hydrogens (tertiary/aromatic N) is 1. The van der Waals surface area contributed by atoms with Crippen LogP contribution in [0.2, 0.25) is 5.02 Å². The largest absolute Gasteiger partial charge is 0.506 e. The molecule has 0 radical (unpaired) electrons. The number of halogens is 1. The predicted molar refractivity (Wildman–Crippen MR) is 109 cm³/mol. The number of carbonyl (C=O) groups excluding carboxylic acids is 1. The number of hydrogen-bond acceptors (Lipinski definition) is 4. The number of aromatic hydroxyl groups is 1. The van der Waals surface area contributed by atoms with Gasteiger partial charge in [0.1, 0.15) is 5.75 Å². The zero-order valence-corrected chi connectivity index (χ0v) is 17.3. The van der Waals surface area contributed by atoms with E-state index >= 15 is 0 Å². The lowest BCUT2D eigenvalue weighted by molar-refractivity contribution is -0.120. The summed E-state index contributed by atoms with van der Waals surface area (Å²) in [5.41, 5.74) is 2.22. The Labute approximate surface area is 170 Å². The van der Waals surface area contributed by atoms with Gasteiger partial charge in [-0.05, 0) is 68.1 Å². The van der Waals surface area contributed by atoms with E-state index in [-0.39, 0.29) is 41.2 Å². The molecule has 1 heterocycles. The molecule has 2 aromatic rings. The first-order chi connectivity index (χ1) is 13.2. The molecule has 0 bridgehead atoms. The van der Waals surface area contributed by atoms with Gasteiger partial charge < -0.3 is 10.4 Å². The number of benzene rings is 2. The molecule has 1 aliphatic rings. The van der Waals surface area contributed by atoms with Gasteiger partial charge in [-0.2, -0.15) is 4.31 Å². The van der Waals surface area contributed by atoms with E-state index in [1.165, 1.54) is 22.5 Å². The van der Waals surface area contributed by atoms with Crippen LogP contribution in [0.25, 0.3) is 0 Å². The summed E-state index contributed by atoms with van der Waals surface area (Å²) in [6.07, 6.45) is 0.828. The van der Waals surface area contributed by atoms with Crippen molar-refractivity contribution in [3.8, 4) is 5.75 Å². The number of carbonyl (C=O) groups is 1. The van der Waals surface area contributed by atoms with E-state index < -0.39 is 10.0 Å². The second kappa shape index (κ2) is 8.11. The lowest BCUT2D eigenvalue weighted by Gasteiger charge is -2.30. The molecule has 0 aromatic heterocycles. The number of amides is 1. The van der Waals surface area contributed by atoms with Gasteiger partial charge in [0, 0.05) is 24.0 Å². The van der Waals surface area contributed by atoms with Crippen LogP contribution in [0.1, 0.15) is 24.0 Å². The monoisotopic (exact) mass is 422 g/mol. The summed E-state index contributed by atoms with van der Waals surface area (Å²) in [7, 11) is -3.58. The normalized spacial score (nSPS) is 16.1. The van der Waals surface area contributed by atoms with Crippen LogP contribution in [-0.2, 0) is 14.8 Å². The van der Waals surface area contributed by atoms with Crippen LogP contribution in [-0.4, -0.2) is 36.8 Å². The molecule has 1 saturated heterocycles. The van der Waals surface area contributed by atoms with Gasteiger partial charge >= 0.3 is 0 Å². The summed E-state index contributed by atoms with van der Waals surface area (Å²) in [5.74, 6) is -0.641. The van der Waals surface area contributed by atoms with Gasteiger partial charge in [0.05, 0.1) is 10.6 Å². The van der Waals surface area contributed by atoms with E-state index in [2.05, 4.69) is 5.32 Å². The van der Waals surface area contributed by atoms with Crippen molar-refractivity contribution in [2.24, 2.45) is 5.92 Å². The van der Waals surface area contributed by atoms with Crippen LogP contribution in [0.3, 0.4) is 0 Å². The average Bonchev–Trinajstić information content (AvgIpc) is 2.67. The number of sulfonamides is 1. The molecule has 6 nitrogen and oxygen atoms in total. The van der Waals surface area contributed by atoms with Gasteiger partial charge in [-0.15, -0.1) is 0 Å². The Morgan fingerprint density at radius 1 is 1.11 bits per heavy atom. The highest BCUT2D eigenvalue weighted by Crippen LogP contribution is 2.29. The van der Waals surface area contributed by atoms with E-state index in [1.54, 1.807) is 18.2 Å². The molecule has 8 heteroatoms. The molecule has 3 rings (SSSR count). The van der Waals surface area contributed by atoms with Crippen LogP contribution in [0.4, 0.5) is 5.69 Å². The van der Waals surface area contributed by atoms with Gasteiger partial charge in [0.25, 0.3) is 0 Å². The maximum absolute atomic E-state index is 12.9. The number of hydrogen-bond donors (Lipinski definition) is 2. The van der Waals surface area contributed by atoms with Crippen molar-refractivity contribution in [2.75, 3.05) is 18.4 Å². The molecule has 1 fully saturated rings. The summed E-state index contributed by atoms with van der Waals surface area (Å²) in [4.78, 5) is 12.8. The van der Waals surface area contributed by atoms with Crippen molar-refractivity contribution >= 4 is 33.2 Å². The highest BCUT2D eigenvalue weighted by Gasteiger charge is 2.32. The smallest absolute Gasteiger partial charge is 0.243 e. The number of phenols is 1. The quantitative estimate of drug-likeness (QED) is 0.735. The highest BCUT2D eigenvalue weighted by molar-refractivity contribution is 7.89. The van der Waals surface area contributed by atoms with E-state index in [9.17, 15) is 18.3 Å². The Balaban J connectivity index is 1.65. The molecule has 1 aliphatic heterocycles. The first-order valence-corrected chi connectivity index (χ1v) is 10.9. The fraction of sp³-hybridized carbons (Fsp3) is 0.350. The molecule has 0 atom stereocenters. The third-order valence-corrected chi connectivity index (χ3v) is 7.29. The zero-order chi connectivity index (χ0) is 20.5. The van der Waals surface area contributed by atoms with E-state index in [1.807, 2.05) is 13.8 Å². The fourth-order valence-electron chi connectivity index (χ4n) is 3.22. The number of nitrogens with one attached hydrogen (secondary N) is 1. The van der Waals surface area contributed by atoms with Crippen LogP contribution in [0, 0.1) is 19.8 Å². The maximum Gasteiger partial charge on any atom is 0.243 e. The SMILES string of the molecule is Cc1ccc(S(=O)(=O)N2CCC(C(=O)Nc3cc(Cl)ccc3O)CC2)cc1C. The predicted octanol–water partition coefficient (Wildman–Crippen LogP) is 3.70. The molecular weight excluding hydrogens is 400 g/mol. The summed E-state index contributed by atoms with van der Waals surface area (Å²) in [6.45, 7) is 4.37. The van der Waals surface area contributed by atoms with Crippen LogP contribution >= 0.6 is 11.6 Å². The lowest BCUT2D eigenvalue weighted by Crippen LogP contribution is -2.41. The zero-order valence-electron chi connectivity index (χ0n) is 15.8. The van der Waals surface area contributed by atoms with Crippen LogP contribution in [0.5, 0.6) is 5.75 Å². The topological polar surface area (TPSA) is 86.7 Å².